The van der Waals surface area contributed by atoms with E-state index in [-0.39, 0.29) is 12.2 Å². The summed E-state index contributed by atoms with van der Waals surface area (Å²) in [5.74, 6) is -2.65. The zero-order valence-corrected chi connectivity index (χ0v) is 6.68. The highest BCUT2D eigenvalue weighted by atomic mass is 19.2. The lowest BCUT2D eigenvalue weighted by molar-refractivity contribution is -0.114. The average Bonchev–Trinajstić information content (AvgIpc) is 2.13. The largest absolute Gasteiger partial charge is 0.322 e. The molecule has 0 spiro atoms. The van der Waals surface area contributed by atoms with Gasteiger partial charge in [-0.05, 0) is 12.1 Å². The molecule has 3 N–H and O–H groups in total. The predicted molar refractivity (Wildman–Crippen MR) is 44.0 cm³/mol. The van der Waals surface area contributed by atoms with E-state index in [1.807, 2.05) is 0 Å². The molecule has 0 aliphatic carbocycles. The first-order valence-corrected chi connectivity index (χ1v) is 3.59. The number of anilines is 1. The minimum atomic E-state index is -1.08. The number of rotatable bonds is 2. The summed E-state index contributed by atoms with van der Waals surface area (Å²) in [4.78, 5) is 10.7. The molecule has 0 atom stereocenters. The molecule has 0 bridgehead atoms. The van der Waals surface area contributed by atoms with Crippen LogP contribution in [0.3, 0.4) is 0 Å². The molecular weight excluding hydrogens is 178 g/mol. The standard InChI is InChI=1S/C8H8F2N2O/c9-5-2-1-3-6(8(5)10)12-7(13)4-11/h1-3H,4,11H2,(H,12,13). The fourth-order valence-electron chi connectivity index (χ4n) is 0.802. The molecule has 0 aliphatic rings. The van der Waals surface area contributed by atoms with Gasteiger partial charge >= 0.3 is 0 Å². The zero-order valence-electron chi connectivity index (χ0n) is 6.68. The Kier molecular flexibility index (Phi) is 2.92. The van der Waals surface area contributed by atoms with Crippen LogP contribution in [0.15, 0.2) is 18.2 Å². The fraction of sp³-hybridized carbons (Fsp3) is 0.125. The molecule has 0 fully saturated rings. The van der Waals surface area contributed by atoms with Crippen molar-refractivity contribution in [3.05, 3.63) is 29.8 Å². The Morgan fingerprint density at radius 2 is 2.15 bits per heavy atom. The second-order valence-electron chi connectivity index (χ2n) is 2.35. The molecule has 3 nitrogen and oxygen atoms in total. The SMILES string of the molecule is NCC(=O)Nc1cccc(F)c1F. The van der Waals surface area contributed by atoms with Gasteiger partial charge in [0.25, 0.3) is 0 Å². The van der Waals surface area contributed by atoms with Gasteiger partial charge in [-0.1, -0.05) is 6.07 Å². The summed E-state index contributed by atoms with van der Waals surface area (Å²) in [7, 11) is 0. The molecule has 13 heavy (non-hydrogen) atoms. The first kappa shape index (κ1) is 9.60. The first-order chi connectivity index (χ1) is 6.15. The number of carbonyl (C=O) groups excluding carboxylic acids is 1. The Balaban J connectivity index is 2.89. The molecular formula is C8H8F2N2O. The highest BCUT2D eigenvalue weighted by Gasteiger charge is 2.08. The Bertz CT molecular complexity index is 328. The van der Waals surface area contributed by atoms with Crippen LogP contribution in [0, 0.1) is 11.6 Å². The molecule has 1 aromatic carbocycles. The Labute approximate surface area is 73.5 Å². The maximum Gasteiger partial charge on any atom is 0.238 e. The van der Waals surface area contributed by atoms with Crippen LogP contribution in [0.1, 0.15) is 0 Å². The average molecular weight is 186 g/mol. The van der Waals surface area contributed by atoms with Gasteiger partial charge in [-0.25, -0.2) is 8.78 Å². The van der Waals surface area contributed by atoms with Gasteiger partial charge in [0, 0.05) is 0 Å². The molecule has 0 radical (unpaired) electrons. The molecule has 0 saturated carbocycles. The van der Waals surface area contributed by atoms with Crippen LogP contribution in [0.25, 0.3) is 0 Å². The highest BCUT2D eigenvalue weighted by Crippen LogP contribution is 2.15. The Morgan fingerprint density at radius 3 is 2.77 bits per heavy atom. The van der Waals surface area contributed by atoms with Gasteiger partial charge in [0.15, 0.2) is 11.6 Å². The summed E-state index contributed by atoms with van der Waals surface area (Å²) in [5, 5.41) is 2.12. The summed E-state index contributed by atoms with van der Waals surface area (Å²) in [6.07, 6.45) is 0. The van der Waals surface area contributed by atoms with Crippen molar-refractivity contribution < 1.29 is 13.6 Å². The van der Waals surface area contributed by atoms with Crippen LogP contribution in [0.5, 0.6) is 0 Å². The molecule has 0 aliphatic heterocycles. The van der Waals surface area contributed by atoms with E-state index in [9.17, 15) is 13.6 Å². The van der Waals surface area contributed by atoms with Crippen LogP contribution >= 0.6 is 0 Å². The van der Waals surface area contributed by atoms with Gasteiger partial charge in [0.05, 0.1) is 12.2 Å². The number of amides is 1. The number of hydrogen-bond donors (Lipinski definition) is 2. The van der Waals surface area contributed by atoms with E-state index in [0.29, 0.717) is 0 Å². The lowest BCUT2D eigenvalue weighted by atomic mass is 10.3. The van der Waals surface area contributed by atoms with Crippen molar-refractivity contribution in [2.24, 2.45) is 5.73 Å². The molecule has 0 unspecified atom stereocenters. The maximum absolute atomic E-state index is 12.9. The normalized spacial score (nSPS) is 9.77. The third-order valence-corrected chi connectivity index (χ3v) is 1.41. The van der Waals surface area contributed by atoms with Crippen molar-refractivity contribution >= 4 is 11.6 Å². The molecule has 5 heteroatoms. The van der Waals surface area contributed by atoms with Crippen LogP contribution in [-0.2, 0) is 4.79 Å². The topological polar surface area (TPSA) is 55.1 Å². The van der Waals surface area contributed by atoms with Gasteiger partial charge in [-0.3, -0.25) is 4.79 Å². The van der Waals surface area contributed by atoms with E-state index in [1.165, 1.54) is 12.1 Å². The number of carbonyl (C=O) groups is 1. The summed E-state index contributed by atoms with van der Waals surface area (Å²) in [6, 6.07) is 3.52. The second kappa shape index (κ2) is 3.95. The Hall–Kier alpha value is -1.49. The van der Waals surface area contributed by atoms with Crippen LogP contribution in [0.4, 0.5) is 14.5 Å². The van der Waals surface area contributed by atoms with Gasteiger partial charge in [-0.2, -0.15) is 0 Å². The smallest absolute Gasteiger partial charge is 0.238 e. The third-order valence-electron chi connectivity index (χ3n) is 1.41. The maximum atomic E-state index is 12.9. The number of nitrogens with two attached hydrogens (primary N) is 1. The zero-order chi connectivity index (χ0) is 9.84. The lowest BCUT2D eigenvalue weighted by Crippen LogP contribution is -2.22. The van der Waals surface area contributed by atoms with Crippen molar-refractivity contribution in [1.82, 2.24) is 0 Å². The quantitative estimate of drug-likeness (QED) is 0.719. The first-order valence-electron chi connectivity index (χ1n) is 3.59. The van der Waals surface area contributed by atoms with Crippen molar-refractivity contribution in [1.29, 1.82) is 0 Å². The lowest BCUT2D eigenvalue weighted by Gasteiger charge is -2.04. The minimum Gasteiger partial charge on any atom is -0.322 e. The number of benzene rings is 1. The minimum absolute atomic E-state index is 0.199. The molecule has 70 valence electrons. The van der Waals surface area contributed by atoms with Gasteiger partial charge in [0.1, 0.15) is 0 Å². The third kappa shape index (κ3) is 2.22. The van der Waals surface area contributed by atoms with Crippen LogP contribution in [-0.4, -0.2) is 12.5 Å². The van der Waals surface area contributed by atoms with E-state index in [2.05, 4.69) is 5.32 Å². The molecule has 1 rings (SSSR count). The molecule has 0 saturated heterocycles. The fourth-order valence-corrected chi connectivity index (χ4v) is 0.802. The highest BCUT2D eigenvalue weighted by molar-refractivity contribution is 5.92. The number of hydrogen-bond acceptors (Lipinski definition) is 2. The van der Waals surface area contributed by atoms with Crippen LogP contribution in [0.2, 0.25) is 0 Å². The predicted octanol–water partition coefficient (Wildman–Crippen LogP) is 0.862. The molecule has 0 heterocycles. The number of halogens is 2. The summed E-state index contributed by atoms with van der Waals surface area (Å²) < 4.78 is 25.4. The van der Waals surface area contributed by atoms with Crippen LogP contribution < -0.4 is 11.1 Å². The van der Waals surface area contributed by atoms with E-state index >= 15 is 0 Å². The summed E-state index contributed by atoms with van der Waals surface area (Å²) in [5.41, 5.74) is 4.78. The van der Waals surface area contributed by atoms with E-state index in [0.717, 1.165) is 6.07 Å². The van der Waals surface area contributed by atoms with Gasteiger partial charge in [0.2, 0.25) is 5.91 Å². The van der Waals surface area contributed by atoms with Crippen molar-refractivity contribution in [2.45, 2.75) is 0 Å². The van der Waals surface area contributed by atoms with E-state index in [1.54, 1.807) is 0 Å². The summed E-state index contributed by atoms with van der Waals surface area (Å²) in [6.45, 7) is -0.268. The number of nitrogens with one attached hydrogen (secondary N) is 1. The van der Waals surface area contributed by atoms with E-state index < -0.39 is 17.5 Å². The monoisotopic (exact) mass is 186 g/mol. The molecule has 1 aromatic rings. The van der Waals surface area contributed by atoms with Gasteiger partial charge < -0.3 is 11.1 Å². The Morgan fingerprint density at radius 1 is 1.46 bits per heavy atom. The van der Waals surface area contributed by atoms with Crippen molar-refractivity contribution in [3.63, 3.8) is 0 Å². The molecule has 0 aromatic heterocycles. The van der Waals surface area contributed by atoms with E-state index in [4.69, 9.17) is 5.73 Å². The van der Waals surface area contributed by atoms with Crippen molar-refractivity contribution in [3.8, 4) is 0 Å². The second-order valence-corrected chi connectivity index (χ2v) is 2.35. The van der Waals surface area contributed by atoms with Crippen molar-refractivity contribution in [2.75, 3.05) is 11.9 Å². The molecule has 1 amide bonds. The van der Waals surface area contributed by atoms with Gasteiger partial charge in [-0.15, -0.1) is 0 Å². The summed E-state index contributed by atoms with van der Waals surface area (Å²) >= 11 is 0.